The Morgan fingerprint density at radius 2 is 2.13 bits per heavy atom. The van der Waals surface area contributed by atoms with E-state index in [9.17, 15) is 9.59 Å². The molecule has 1 amide bonds. The molecule has 0 spiro atoms. The highest BCUT2D eigenvalue weighted by Gasteiger charge is 2.18. The van der Waals surface area contributed by atoms with Crippen LogP contribution in [-0.4, -0.2) is 23.0 Å². The average molecular weight is 213 g/mol. The predicted octanol–water partition coefficient (Wildman–Crippen LogP) is 1.57. The Balaban J connectivity index is 4.10. The Morgan fingerprint density at radius 1 is 1.53 bits per heavy atom. The summed E-state index contributed by atoms with van der Waals surface area (Å²) in [7, 11) is 0. The molecule has 0 aromatic rings. The summed E-state index contributed by atoms with van der Waals surface area (Å²) in [6.07, 6.45) is 3.02. The minimum atomic E-state index is -1.02. The lowest BCUT2D eigenvalue weighted by atomic mass is 10.0. The molecule has 15 heavy (non-hydrogen) atoms. The second-order valence-corrected chi connectivity index (χ2v) is 3.70. The first-order valence-corrected chi connectivity index (χ1v) is 5.14. The first-order valence-electron chi connectivity index (χ1n) is 5.14. The Bertz CT molecular complexity index is 238. The van der Waals surface area contributed by atoms with E-state index in [-0.39, 0.29) is 18.2 Å². The molecule has 4 nitrogen and oxygen atoms in total. The van der Waals surface area contributed by atoms with Crippen LogP contribution in [0.1, 0.15) is 33.1 Å². The molecular formula is C11H19NO3. The van der Waals surface area contributed by atoms with Crippen LogP contribution in [0.3, 0.4) is 0 Å². The van der Waals surface area contributed by atoms with E-state index < -0.39 is 12.0 Å². The van der Waals surface area contributed by atoms with Crippen molar-refractivity contribution in [2.45, 2.75) is 39.2 Å². The van der Waals surface area contributed by atoms with Crippen LogP contribution in [0.5, 0.6) is 0 Å². The lowest BCUT2D eigenvalue weighted by Gasteiger charge is -2.14. The number of carbonyl (C=O) groups excluding carboxylic acids is 1. The normalized spacial score (nSPS) is 14.0. The number of hydrogen-bond acceptors (Lipinski definition) is 2. The fraction of sp³-hybridized carbons (Fsp3) is 0.636. The van der Waals surface area contributed by atoms with E-state index in [0.29, 0.717) is 6.42 Å². The van der Waals surface area contributed by atoms with Gasteiger partial charge in [-0.2, -0.15) is 0 Å². The highest BCUT2D eigenvalue weighted by Crippen LogP contribution is 2.06. The van der Waals surface area contributed by atoms with Gasteiger partial charge in [-0.1, -0.05) is 26.3 Å². The number of amides is 1. The van der Waals surface area contributed by atoms with Crippen molar-refractivity contribution in [3.63, 3.8) is 0 Å². The molecule has 0 aliphatic heterocycles. The quantitative estimate of drug-likeness (QED) is 0.631. The fourth-order valence-corrected chi connectivity index (χ4v) is 1.10. The number of hydrogen-bond donors (Lipinski definition) is 2. The Morgan fingerprint density at radius 3 is 2.53 bits per heavy atom. The monoisotopic (exact) mass is 213 g/mol. The molecule has 0 aromatic carbocycles. The molecule has 0 rings (SSSR count). The average Bonchev–Trinajstić information content (AvgIpc) is 2.16. The zero-order valence-electron chi connectivity index (χ0n) is 9.32. The Labute approximate surface area is 90.4 Å². The van der Waals surface area contributed by atoms with E-state index in [1.54, 1.807) is 0 Å². The number of nitrogens with one attached hydrogen (secondary N) is 1. The largest absolute Gasteiger partial charge is 0.480 e. The van der Waals surface area contributed by atoms with Crippen molar-refractivity contribution in [2.24, 2.45) is 5.92 Å². The second-order valence-electron chi connectivity index (χ2n) is 3.70. The summed E-state index contributed by atoms with van der Waals surface area (Å²) in [5.74, 6) is -0.950. The second kappa shape index (κ2) is 7.04. The minimum Gasteiger partial charge on any atom is -0.480 e. The van der Waals surface area contributed by atoms with E-state index >= 15 is 0 Å². The van der Waals surface area contributed by atoms with Gasteiger partial charge in [0.05, 0.1) is 0 Å². The highest BCUT2D eigenvalue weighted by molar-refractivity contribution is 5.83. The third-order valence-electron chi connectivity index (χ3n) is 2.27. The zero-order valence-corrected chi connectivity index (χ0v) is 9.32. The van der Waals surface area contributed by atoms with Crippen LogP contribution in [0, 0.1) is 5.92 Å². The first kappa shape index (κ1) is 13.7. The minimum absolute atomic E-state index is 0.210. The van der Waals surface area contributed by atoms with Crippen LogP contribution in [0.25, 0.3) is 0 Å². The maximum Gasteiger partial charge on any atom is 0.326 e. The van der Waals surface area contributed by atoms with Crippen molar-refractivity contribution in [1.29, 1.82) is 0 Å². The van der Waals surface area contributed by atoms with Gasteiger partial charge in [-0.25, -0.2) is 4.79 Å². The fourth-order valence-electron chi connectivity index (χ4n) is 1.10. The molecule has 0 radical (unpaired) electrons. The van der Waals surface area contributed by atoms with Gasteiger partial charge in [0.2, 0.25) is 5.91 Å². The zero-order chi connectivity index (χ0) is 11.8. The number of carbonyl (C=O) groups is 2. The lowest BCUT2D eigenvalue weighted by Crippen LogP contribution is -2.40. The molecule has 0 aliphatic carbocycles. The van der Waals surface area contributed by atoms with Crippen molar-refractivity contribution in [1.82, 2.24) is 5.32 Å². The molecule has 0 saturated carbocycles. The van der Waals surface area contributed by atoms with Gasteiger partial charge in [0.15, 0.2) is 0 Å². The van der Waals surface area contributed by atoms with Gasteiger partial charge in [0.1, 0.15) is 6.04 Å². The Hall–Kier alpha value is -1.32. The summed E-state index contributed by atoms with van der Waals surface area (Å²) < 4.78 is 0. The number of rotatable bonds is 7. The van der Waals surface area contributed by atoms with Crippen molar-refractivity contribution < 1.29 is 14.7 Å². The first-order chi connectivity index (χ1) is 7.01. The molecule has 0 aliphatic rings. The van der Waals surface area contributed by atoms with Gasteiger partial charge >= 0.3 is 5.97 Å². The van der Waals surface area contributed by atoms with Crippen LogP contribution in [0.2, 0.25) is 0 Å². The topological polar surface area (TPSA) is 66.4 Å². The van der Waals surface area contributed by atoms with E-state index in [4.69, 9.17) is 5.11 Å². The molecule has 0 bridgehead atoms. The maximum atomic E-state index is 11.4. The molecule has 2 unspecified atom stereocenters. The van der Waals surface area contributed by atoms with E-state index in [1.165, 1.54) is 6.08 Å². The molecular weight excluding hydrogens is 194 g/mol. The molecule has 4 heteroatoms. The maximum absolute atomic E-state index is 11.4. The van der Waals surface area contributed by atoms with Crippen LogP contribution in [-0.2, 0) is 9.59 Å². The van der Waals surface area contributed by atoms with Crippen molar-refractivity contribution in [3.05, 3.63) is 12.7 Å². The lowest BCUT2D eigenvalue weighted by molar-refractivity contribution is -0.141. The van der Waals surface area contributed by atoms with Crippen LogP contribution < -0.4 is 5.32 Å². The van der Waals surface area contributed by atoms with Crippen molar-refractivity contribution in [3.8, 4) is 0 Å². The number of carboxylic acids is 1. The third-order valence-corrected chi connectivity index (χ3v) is 2.27. The van der Waals surface area contributed by atoms with Crippen molar-refractivity contribution >= 4 is 11.9 Å². The van der Waals surface area contributed by atoms with Gasteiger partial charge in [0, 0.05) is 6.42 Å². The molecule has 86 valence electrons. The summed E-state index contributed by atoms with van der Waals surface area (Å²) in [4.78, 5) is 22.1. The van der Waals surface area contributed by atoms with Gasteiger partial charge < -0.3 is 10.4 Å². The number of carboxylic acid groups (broad SMARTS) is 1. The highest BCUT2D eigenvalue weighted by atomic mass is 16.4. The van der Waals surface area contributed by atoms with E-state index in [1.807, 2.05) is 13.8 Å². The summed E-state index contributed by atoms with van der Waals surface area (Å²) >= 11 is 0. The third kappa shape index (κ3) is 5.88. The standard InChI is InChI=1S/C11H19NO3/c1-4-6-9(11(14)15)12-10(13)7-8(3)5-2/h4,8-9H,1,5-7H2,2-3H3,(H,12,13)(H,14,15). The van der Waals surface area contributed by atoms with Gasteiger partial charge in [-0.3, -0.25) is 4.79 Å². The SMILES string of the molecule is C=CCC(NC(=O)CC(C)CC)C(=O)O. The molecule has 2 atom stereocenters. The summed E-state index contributed by atoms with van der Waals surface area (Å²) in [5.41, 5.74) is 0. The predicted molar refractivity (Wildman–Crippen MR) is 58.5 cm³/mol. The van der Waals surface area contributed by atoms with Crippen LogP contribution >= 0.6 is 0 Å². The van der Waals surface area contributed by atoms with E-state index in [0.717, 1.165) is 6.42 Å². The molecule has 0 aromatic heterocycles. The summed E-state index contributed by atoms with van der Waals surface area (Å²) in [6.45, 7) is 7.41. The Kier molecular flexibility index (Phi) is 6.42. The molecule has 0 fully saturated rings. The number of aliphatic carboxylic acids is 1. The van der Waals surface area contributed by atoms with Gasteiger partial charge in [0.25, 0.3) is 0 Å². The van der Waals surface area contributed by atoms with Crippen molar-refractivity contribution in [2.75, 3.05) is 0 Å². The van der Waals surface area contributed by atoms with Crippen LogP contribution in [0.4, 0.5) is 0 Å². The summed E-state index contributed by atoms with van der Waals surface area (Å²) in [6, 6.07) is -0.848. The summed E-state index contributed by atoms with van der Waals surface area (Å²) in [5, 5.41) is 11.3. The van der Waals surface area contributed by atoms with E-state index in [2.05, 4.69) is 11.9 Å². The molecule has 0 heterocycles. The van der Waals surface area contributed by atoms with Crippen LogP contribution in [0.15, 0.2) is 12.7 Å². The van der Waals surface area contributed by atoms with Gasteiger partial charge in [-0.05, 0) is 12.3 Å². The smallest absolute Gasteiger partial charge is 0.326 e. The molecule has 0 saturated heterocycles. The van der Waals surface area contributed by atoms with Gasteiger partial charge in [-0.15, -0.1) is 6.58 Å². The molecule has 2 N–H and O–H groups in total.